The zero-order chi connectivity index (χ0) is 15.0. The van der Waals surface area contributed by atoms with E-state index in [2.05, 4.69) is 56.2 Å². The van der Waals surface area contributed by atoms with Gasteiger partial charge in [-0.2, -0.15) is 0 Å². The van der Waals surface area contributed by atoms with E-state index in [1.807, 2.05) is 0 Å². The van der Waals surface area contributed by atoms with Crippen LogP contribution in [0.5, 0.6) is 0 Å². The molecule has 1 atom stereocenters. The minimum absolute atomic E-state index is 0.0624. The molecule has 114 valence electrons. The Morgan fingerprint density at radius 2 is 1.65 bits per heavy atom. The highest BCUT2D eigenvalue weighted by Crippen LogP contribution is 2.23. The quantitative estimate of drug-likeness (QED) is 0.703. The zero-order valence-corrected chi connectivity index (χ0v) is 14.3. The fourth-order valence-electron chi connectivity index (χ4n) is 2.69. The Bertz CT molecular complexity index is 371. The Labute approximate surface area is 129 Å². The number of benzene rings is 1. The van der Waals surface area contributed by atoms with Crippen LogP contribution < -0.4 is 5.73 Å². The van der Waals surface area contributed by atoms with Crippen LogP contribution in [0.3, 0.4) is 0 Å². The predicted molar refractivity (Wildman–Crippen MR) is 91.5 cm³/mol. The lowest BCUT2D eigenvalue weighted by atomic mass is 9.90. The van der Waals surface area contributed by atoms with Gasteiger partial charge in [-0.15, -0.1) is 11.8 Å². The largest absolute Gasteiger partial charge is 0.329 e. The van der Waals surface area contributed by atoms with Crippen LogP contribution >= 0.6 is 11.8 Å². The molecule has 0 amide bonds. The van der Waals surface area contributed by atoms with Crippen molar-refractivity contribution in [2.24, 2.45) is 5.73 Å². The van der Waals surface area contributed by atoms with Crippen LogP contribution in [0, 0.1) is 0 Å². The maximum Gasteiger partial charge on any atom is 0.0343 e. The molecule has 0 saturated heterocycles. The van der Waals surface area contributed by atoms with Crippen molar-refractivity contribution in [3.05, 3.63) is 29.8 Å². The summed E-state index contributed by atoms with van der Waals surface area (Å²) in [7, 11) is 0. The van der Waals surface area contributed by atoms with E-state index in [0.717, 1.165) is 19.5 Å². The molecule has 20 heavy (non-hydrogen) atoms. The number of nitrogens with zero attached hydrogens (tertiary/aromatic N) is 1. The minimum atomic E-state index is 0.0624. The molecule has 0 aliphatic carbocycles. The normalized spacial score (nSPS) is 14.5. The molecule has 0 fully saturated rings. The summed E-state index contributed by atoms with van der Waals surface area (Å²) in [6.07, 6.45) is 5.50. The van der Waals surface area contributed by atoms with Crippen LogP contribution in [-0.4, -0.2) is 36.3 Å². The standard InChI is InChI=1S/C17H30N2S/c1-5-11-19(12-6-2)17(3,14-18)13-15-7-9-16(20-4)10-8-15/h7-10H,5-6,11-14,18H2,1-4H3. The summed E-state index contributed by atoms with van der Waals surface area (Å²) in [6.45, 7) is 9.76. The van der Waals surface area contributed by atoms with Crippen molar-refractivity contribution >= 4 is 11.8 Å². The van der Waals surface area contributed by atoms with Gasteiger partial charge in [0, 0.05) is 17.0 Å². The van der Waals surface area contributed by atoms with Gasteiger partial charge in [-0.25, -0.2) is 0 Å². The van der Waals surface area contributed by atoms with E-state index in [1.54, 1.807) is 11.8 Å². The van der Waals surface area contributed by atoms with Crippen molar-refractivity contribution < 1.29 is 0 Å². The van der Waals surface area contributed by atoms with Gasteiger partial charge in [0.2, 0.25) is 0 Å². The molecule has 0 saturated carbocycles. The lowest BCUT2D eigenvalue weighted by Gasteiger charge is -2.41. The first-order chi connectivity index (χ1) is 9.59. The van der Waals surface area contributed by atoms with Crippen molar-refractivity contribution in [2.45, 2.75) is 50.5 Å². The van der Waals surface area contributed by atoms with E-state index in [9.17, 15) is 0 Å². The summed E-state index contributed by atoms with van der Waals surface area (Å²) >= 11 is 1.79. The molecule has 0 aromatic heterocycles. The Hall–Kier alpha value is -0.510. The smallest absolute Gasteiger partial charge is 0.0343 e. The highest BCUT2D eigenvalue weighted by Gasteiger charge is 2.29. The summed E-state index contributed by atoms with van der Waals surface area (Å²) in [5.74, 6) is 0. The average Bonchev–Trinajstić information content (AvgIpc) is 2.47. The molecule has 1 aromatic rings. The lowest BCUT2D eigenvalue weighted by Crippen LogP contribution is -2.53. The van der Waals surface area contributed by atoms with E-state index in [-0.39, 0.29) is 5.54 Å². The Morgan fingerprint density at radius 3 is 2.05 bits per heavy atom. The van der Waals surface area contributed by atoms with Crippen LogP contribution in [-0.2, 0) is 6.42 Å². The maximum absolute atomic E-state index is 6.13. The number of nitrogens with two attached hydrogens (primary N) is 1. The summed E-state index contributed by atoms with van der Waals surface area (Å²) in [4.78, 5) is 3.89. The van der Waals surface area contributed by atoms with Crippen molar-refractivity contribution in [2.75, 3.05) is 25.9 Å². The summed E-state index contributed by atoms with van der Waals surface area (Å²) < 4.78 is 0. The topological polar surface area (TPSA) is 29.3 Å². The van der Waals surface area contributed by atoms with Gasteiger partial charge in [0.05, 0.1) is 0 Å². The zero-order valence-electron chi connectivity index (χ0n) is 13.5. The van der Waals surface area contributed by atoms with E-state index in [4.69, 9.17) is 5.73 Å². The van der Waals surface area contributed by atoms with Gasteiger partial charge >= 0.3 is 0 Å². The number of hydrogen-bond acceptors (Lipinski definition) is 3. The van der Waals surface area contributed by atoms with E-state index >= 15 is 0 Å². The van der Waals surface area contributed by atoms with Crippen LogP contribution in [0.1, 0.15) is 39.2 Å². The molecule has 0 aliphatic rings. The molecule has 3 heteroatoms. The second-order valence-electron chi connectivity index (χ2n) is 5.71. The molecule has 0 radical (unpaired) electrons. The fourth-order valence-corrected chi connectivity index (χ4v) is 3.10. The fraction of sp³-hybridized carbons (Fsp3) is 0.647. The number of rotatable bonds is 9. The third kappa shape index (κ3) is 4.80. The van der Waals surface area contributed by atoms with E-state index in [0.29, 0.717) is 6.54 Å². The highest BCUT2D eigenvalue weighted by atomic mass is 32.2. The van der Waals surface area contributed by atoms with Gasteiger partial charge < -0.3 is 5.73 Å². The minimum Gasteiger partial charge on any atom is -0.329 e. The van der Waals surface area contributed by atoms with Gasteiger partial charge in [-0.05, 0) is 63.2 Å². The maximum atomic E-state index is 6.13. The van der Waals surface area contributed by atoms with E-state index in [1.165, 1.54) is 23.3 Å². The van der Waals surface area contributed by atoms with Gasteiger partial charge in [0.1, 0.15) is 0 Å². The van der Waals surface area contributed by atoms with Crippen molar-refractivity contribution in [1.29, 1.82) is 0 Å². The molecule has 2 nitrogen and oxygen atoms in total. The number of hydrogen-bond donors (Lipinski definition) is 1. The molecule has 1 rings (SSSR count). The molecule has 0 aliphatic heterocycles. The Balaban J connectivity index is 2.84. The lowest BCUT2D eigenvalue weighted by molar-refractivity contribution is 0.110. The first-order valence-electron chi connectivity index (χ1n) is 7.67. The summed E-state index contributed by atoms with van der Waals surface area (Å²) in [6, 6.07) is 8.91. The molecule has 1 unspecified atom stereocenters. The van der Waals surface area contributed by atoms with Crippen LogP contribution in [0.4, 0.5) is 0 Å². The van der Waals surface area contributed by atoms with Crippen LogP contribution in [0.25, 0.3) is 0 Å². The Morgan fingerprint density at radius 1 is 1.10 bits per heavy atom. The van der Waals surface area contributed by atoms with Gasteiger partial charge in [-0.1, -0.05) is 26.0 Å². The summed E-state index contributed by atoms with van der Waals surface area (Å²) in [5.41, 5.74) is 7.57. The van der Waals surface area contributed by atoms with E-state index < -0.39 is 0 Å². The van der Waals surface area contributed by atoms with Crippen molar-refractivity contribution in [3.8, 4) is 0 Å². The van der Waals surface area contributed by atoms with Crippen molar-refractivity contribution in [1.82, 2.24) is 4.90 Å². The second-order valence-corrected chi connectivity index (χ2v) is 6.59. The molecule has 0 spiro atoms. The SMILES string of the molecule is CCCN(CCC)C(C)(CN)Cc1ccc(SC)cc1. The third-order valence-corrected chi connectivity index (χ3v) is 4.68. The highest BCUT2D eigenvalue weighted by molar-refractivity contribution is 7.98. The van der Waals surface area contributed by atoms with Gasteiger partial charge in [-0.3, -0.25) is 4.90 Å². The first kappa shape index (κ1) is 17.5. The van der Waals surface area contributed by atoms with Crippen LogP contribution in [0.2, 0.25) is 0 Å². The molecule has 0 heterocycles. The molecule has 0 bridgehead atoms. The molecule has 2 N–H and O–H groups in total. The van der Waals surface area contributed by atoms with Crippen molar-refractivity contribution in [3.63, 3.8) is 0 Å². The van der Waals surface area contributed by atoms with Gasteiger partial charge in [0.15, 0.2) is 0 Å². The second kappa shape index (κ2) is 8.71. The monoisotopic (exact) mass is 294 g/mol. The number of thioether (sulfide) groups is 1. The third-order valence-electron chi connectivity index (χ3n) is 3.93. The first-order valence-corrected chi connectivity index (χ1v) is 8.90. The summed E-state index contributed by atoms with van der Waals surface area (Å²) in [5, 5.41) is 0. The molecular formula is C17H30N2S. The molecular weight excluding hydrogens is 264 g/mol. The van der Waals surface area contributed by atoms with Crippen LogP contribution in [0.15, 0.2) is 29.2 Å². The molecule has 1 aromatic carbocycles. The Kier molecular flexibility index (Phi) is 7.63. The predicted octanol–water partition coefficient (Wildman–Crippen LogP) is 3.79. The van der Waals surface area contributed by atoms with Gasteiger partial charge in [0.25, 0.3) is 0 Å². The average molecular weight is 295 g/mol.